The average Bonchev–Trinajstić information content (AvgIpc) is 3.36. The summed E-state index contributed by atoms with van der Waals surface area (Å²) in [5.74, 6) is 1.75. The lowest BCUT2D eigenvalue weighted by Crippen LogP contribution is -2.38. The third-order valence-electron chi connectivity index (χ3n) is 6.49. The minimum atomic E-state index is 0.00512. The highest BCUT2D eigenvalue weighted by Gasteiger charge is 2.39. The average molecular weight is 406 g/mol. The van der Waals surface area contributed by atoms with Crippen LogP contribution in [0.1, 0.15) is 65.9 Å². The van der Waals surface area contributed by atoms with Gasteiger partial charge in [-0.1, -0.05) is 6.07 Å². The molecular weight excluding hydrogens is 378 g/mol. The number of hydrogen-bond donors (Lipinski definition) is 1. The van der Waals surface area contributed by atoms with Crippen LogP contribution >= 0.6 is 0 Å². The van der Waals surface area contributed by atoms with E-state index in [1.54, 1.807) is 0 Å². The summed E-state index contributed by atoms with van der Waals surface area (Å²) in [5, 5.41) is 4.20. The molecule has 3 aromatic heterocycles. The largest absolute Gasteiger partial charge is 0.442 e. The van der Waals surface area contributed by atoms with Gasteiger partial charge in [0.1, 0.15) is 17.9 Å². The van der Waals surface area contributed by atoms with E-state index in [4.69, 9.17) is 4.42 Å². The van der Waals surface area contributed by atoms with Crippen LogP contribution in [0.25, 0.3) is 11.1 Å². The molecule has 0 unspecified atom stereocenters. The molecule has 1 aliphatic heterocycles. The smallest absolute Gasteiger partial charge is 0.258 e. The molecule has 2 aliphatic rings. The monoisotopic (exact) mass is 405 g/mol. The second kappa shape index (κ2) is 7.07. The van der Waals surface area contributed by atoms with Crippen LogP contribution in [-0.4, -0.2) is 44.4 Å². The number of furan rings is 1. The zero-order valence-corrected chi connectivity index (χ0v) is 17.7. The molecule has 0 spiro atoms. The number of amides is 1. The Kier molecular flexibility index (Phi) is 4.49. The summed E-state index contributed by atoms with van der Waals surface area (Å²) < 4.78 is 5.84. The molecule has 1 amide bonds. The standard InChI is InChI=1S/C23H27N5O2/c1-14-4-5-17(12-24-14)16-6-10-28(11-7-16)22(29)18-15(2)30-21-19(18)20(25-13-26-21)27-23(3)8-9-23/h4-5,12-13,16H,6-11H2,1-3H3,(H,25,26,27). The molecule has 3 aromatic rings. The molecule has 0 radical (unpaired) electrons. The van der Waals surface area contributed by atoms with Gasteiger partial charge in [0.2, 0.25) is 5.71 Å². The third kappa shape index (κ3) is 3.42. The summed E-state index contributed by atoms with van der Waals surface area (Å²) in [4.78, 5) is 28.5. The first-order valence-corrected chi connectivity index (χ1v) is 10.7. The van der Waals surface area contributed by atoms with Crippen LogP contribution in [0, 0.1) is 13.8 Å². The highest BCUT2D eigenvalue weighted by molar-refractivity contribution is 6.10. The predicted octanol–water partition coefficient (Wildman–Crippen LogP) is 4.22. The van der Waals surface area contributed by atoms with Gasteiger partial charge in [-0.15, -0.1) is 0 Å². The molecule has 1 aliphatic carbocycles. The van der Waals surface area contributed by atoms with Crippen LogP contribution in [0.5, 0.6) is 0 Å². The van der Waals surface area contributed by atoms with Crippen molar-refractivity contribution in [1.29, 1.82) is 0 Å². The minimum absolute atomic E-state index is 0.00512. The maximum atomic E-state index is 13.5. The van der Waals surface area contributed by atoms with Crippen LogP contribution in [0.2, 0.25) is 0 Å². The number of carbonyl (C=O) groups is 1. The van der Waals surface area contributed by atoms with Gasteiger partial charge in [-0.3, -0.25) is 9.78 Å². The SMILES string of the molecule is Cc1ccc(C2CCN(C(=O)c3c(C)oc4ncnc(NC5(C)CC5)c34)CC2)cn1. The van der Waals surface area contributed by atoms with E-state index < -0.39 is 0 Å². The zero-order chi connectivity index (χ0) is 20.9. The molecule has 7 nitrogen and oxygen atoms in total. The molecule has 1 N–H and O–H groups in total. The lowest BCUT2D eigenvalue weighted by molar-refractivity contribution is 0.0713. The Morgan fingerprint density at radius 3 is 2.60 bits per heavy atom. The topological polar surface area (TPSA) is 84.2 Å². The van der Waals surface area contributed by atoms with Crippen molar-refractivity contribution in [3.8, 4) is 0 Å². The van der Waals surface area contributed by atoms with Gasteiger partial charge in [0, 0.05) is 30.5 Å². The first kappa shape index (κ1) is 19.0. The fraction of sp³-hybridized carbons (Fsp3) is 0.478. The van der Waals surface area contributed by atoms with Crippen LogP contribution in [0.3, 0.4) is 0 Å². The number of rotatable bonds is 4. The number of fused-ring (bicyclic) bond motifs is 1. The molecule has 0 aromatic carbocycles. The Morgan fingerprint density at radius 1 is 1.17 bits per heavy atom. The van der Waals surface area contributed by atoms with Crippen molar-refractivity contribution in [2.75, 3.05) is 18.4 Å². The number of pyridine rings is 1. The first-order chi connectivity index (χ1) is 14.4. The molecule has 1 saturated carbocycles. The van der Waals surface area contributed by atoms with E-state index >= 15 is 0 Å². The van der Waals surface area contributed by atoms with Gasteiger partial charge < -0.3 is 14.6 Å². The van der Waals surface area contributed by atoms with Crippen molar-refractivity contribution in [2.24, 2.45) is 0 Å². The molecule has 1 saturated heterocycles. The van der Waals surface area contributed by atoms with E-state index in [0.29, 0.717) is 34.2 Å². The quantitative estimate of drug-likeness (QED) is 0.700. The van der Waals surface area contributed by atoms with E-state index in [0.717, 1.165) is 44.5 Å². The summed E-state index contributed by atoms with van der Waals surface area (Å²) in [5.41, 5.74) is 3.40. The van der Waals surface area contributed by atoms with E-state index in [1.165, 1.54) is 11.9 Å². The van der Waals surface area contributed by atoms with E-state index in [9.17, 15) is 4.79 Å². The van der Waals surface area contributed by atoms with Gasteiger partial charge in [0.05, 0.1) is 10.9 Å². The van der Waals surface area contributed by atoms with Gasteiger partial charge in [-0.2, -0.15) is 0 Å². The van der Waals surface area contributed by atoms with Crippen molar-refractivity contribution >= 4 is 22.8 Å². The Hall–Kier alpha value is -2.96. The predicted molar refractivity (Wildman–Crippen MR) is 115 cm³/mol. The van der Waals surface area contributed by atoms with Crippen LogP contribution in [0.4, 0.5) is 5.82 Å². The summed E-state index contributed by atoms with van der Waals surface area (Å²) in [6.07, 6.45) is 7.53. The molecule has 0 atom stereocenters. The number of anilines is 1. The Labute approximate surface area is 175 Å². The number of nitrogens with zero attached hydrogens (tertiary/aromatic N) is 4. The molecule has 2 fully saturated rings. The van der Waals surface area contributed by atoms with E-state index in [2.05, 4.69) is 39.3 Å². The normalized spacial score (nSPS) is 18.6. The summed E-state index contributed by atoms with van der Waals surface area (Å²) in [6.45, 7) is 7.44. The fourth-order valence-corrected chi connectivity index (χ4v) is 4.29. The minimum Gasteiger partial charge on any atom is -0.442 e. The molecular formula is C23H27N5O2. The molecule has 156 valence electrons. The number of aryl methyl sites for hydroxylation is 2. The van der Waals surface area contributed by atoms with Crippen molar-refractivity contribution in [3.05, 3.63) is 47.2 Å². The molecule has 30 heavy (non-hydrogen) atoms. The number of nitrogens with one attached hydrogen (secondary N) is 1. The Balaban J connectivity index is 1.39. The maximum absolute atomic E-state index is 13.5. The summed E-state index contributed by atoms with van der Waals surface area (Å²) >= 11 is 0. The summed E-state index contributed by atoms with van der Waals surface area (Å²) in [7, 11) is 0. The maximum Gasteiger partial charge on any atom is 0.258 e. The number of aromatic nitrogens is 3. The second-order valence-electron chi connectivity index (χ2n) is 8.92. The number of carbonyl (C=O) groups excluding carboxylic acids is 1. The van der Waals surface area contributed by atoms with Crippen LogP contribution in [-0.2, 0) is 0 Å². The van der Waals surface area contributed by atoms with Crippen molar-refractivity contribution in [2.45, 2.75) is 57.9 Å². The zero-order valence-electron chi connectivity index (χ0n) is 17.7. The van der Waals surface area contributed by atoms with E-state index in [-0.39, 0.29) is 11.4 Å². The molecule has 5 rings (SSSR count). The Morgan fingerprint density at radius 2 is 1.93 bits per heavy atom. The van der Waals surface area contributed by atoms with Crippen molar-refractivity contribution in [1.82, 2.24) is 19.9 Å². The fourth-order valence-electron chi connectivity index (χ4n) is 4.29. The van der Waals surface area contributed by atoms with Gasteiger partial charge in [-0.05, 0) is 64.0 Å². The number of hydrogen-bond acceptors (Lipinski definition) is 6. The first-order valence-electron chi connectivity index (χ1n) is 10.7. The van der Waals surface area contributed by atoms with Crippen LogP contribution in [0.15, 0.2) is 29.1 Å². The van der Waals surface area contributed by atoms with E-state index in [1.807, 2.05) is 24.9 Å². The van der Waals surface area contributed by atoms with Gasteiger partial charge in [-0.25, -0.2) is 9.97 Å². The van der Waals surface area contributed by atoms with Gasteiger partial charge in [0.25, 0.3) is 5.91 Å². The lowest BCUT2D eigenvalue weighted by Gasteiger charge is -2.32. The highest BCUT2D eigenvalue weighted by Crippen LogP contribution is 2.40. The van der Waals surface area contributed by atoms with Crippen molar-refractivity contribution < 1.29 is 9.21 Å². The second-order valence-corrected chi connectivity index (χ2v) is 8.92. The number of likely N-dealkylation sites (tertiary alicyclic amines) is 1. The van der Waals surface area contributed by atoms with Crippen molar-refractivity contribution in [3.63, 3.8) is 0 Å². The third-order valence-corrected chi connectivity index (χ3v) is 6.49. The van der Waals surface area contributed by atoms with Gasteiger partial charge >= 0.3 is 0 Å². The molecule has 7 heteroatoms. The molecule has 0 bridgehead atoms. The summed E-state index contributed by atoms with van der Waals surface area (Å²) in [6, 6.07) is 4.22. The van der Waals surface area contributed by atoms with Gasteiger partial charge in [0.15, 0.2) is 0 Å². The highest BCUT2D eigenvalue weighted by atomic mass is 16.3. The lowest BCUT2D eigenvalue weighted by atomic mass is 9.90. The molecule has 4 heterocycles. The van der Waals surface area contributed by atoms with Crippen LogP contribution < -0.4 is 5.32 Å². The Bertz CT molecular complexity index is 1090. The number of piperidine rings is 1.